The van der Waals surface area contributed by atoms with Crippen LogP contribution in [0.1, 0.15) is 85.5 Å². The first kappa shape index (κ1) is 14.1. The molecule has 0 aliphatic heterocycles. The molecule has 0 heteroatoms. The van der Waals surface area contributed by atoms with E-state index in [0.717, 1.165) is 17.3 Å². The molecule has 0 unspecified atom stereocenters. The molecule has 0 aromatic rings. The van der Waals surface area contributed by atoms with Gasteiger partial charge in [0.15, 0.2) is 0 Å². The number of rotatable bonds is 2. The van der Waals surface area contributed by atoms with Gasteiger partial charge in [-0.05, 0) is 42.9 Å². The molecule has 2 aliphatic carbocycles. The Morgan fingerprint density at radius 2 is 1.44 bits per heavy atom. The minimum atomic E-state index is 0.792. The molecular formula is C16H32. The van der Waals surface area contributed by atoms with Gasteiger partial charge in [0.1, 0.15) is 0 Å². The lowest BCUT2D eigenvalue weighted by Gasteiger charge is -2.41. The standard InChI is InChI=1S/C14H26.C2H6/c1-3-14(10-4-5-11-14)13-8-6-12(2)7-9-13;1-2/h12-13H,3-11H2,1-2H3;1-2H3. The van der Waals surface area contributed by atoms with E-state index in [4.69, 9.17) is 0 Å². The van der Waals surface area contributed by atoms with Crippen molar-refractivity contribution in [3.63, 3.8) is 0 Å². The second-order valence-electron chi connectivity index (χ2n) is 5.88. The fourth-order valence-corrected chi connectivity index (χ4v) is 4.00. The van der Waals surface area contributed by atoms with E-state index in [1.807, 2.05) is 13.8 Å². The maximum absolute atomic E-state index is 2.43. The fourth-order valence-electron chi connectivity index (χ4n) is 4.00. The summed E-state index contributed by atoms with van der Waals surface area (Å²) in [5, 5.41) is 0. The quantitative estimate of drug-likeness (QED) is 0.555. The van der Waals surface area contributed by atoms with Gasteiger partial charge in [-0.15, -0.1) is 0 Å². The zero-order valence-corrected chi connectivity index (χ0v) is 12.0. The Morgan fingerprint density at radius 3 is 1.88 bits per heavy atom. The largest absolute Gasteiger partial charge is 0.0683 e. The molecule has 2 saturated carbocycles. The Labute approximate surface area is 103 Å². The van der Waals surface area contributed by atoms with Gasteiger partial charge in [0.2, 0.25) is 0 Å². The summed E-state index contributed by atoms with van der Waals surface area (Å²) < 4.78 is 0. The van der Waals surface area contributed by atoms with Crippen LogP contribution in [0.2, 0.25) is 0 Å². The Kier molecular flexibility index (Phi) is 5.86. The SMILES string of the molecule is CC.CCC1(C2CCC(C)CC2)CCCC1. The molecule has 2 aliphatic rings. The molecule has 0 bridgehead atoms. The number of hydrogen-bond acceptors (Lipinski definition) is 0. The highest BCUT2D eigenvalue weighted by Crippen LogP contribution is 2.52. The molecule has 0 radical (unpaired) electrons. The molecule has 0 aromatic heterocycles. The van der Waals surface area contributed by atoms with Crippen molar-refractivity contribution in [2.75, 3.05) is 0 Å². The summed E-state index contributed by atoms with van der Waals surface area (Å²) in [6.07, 6.45) is 13.7. The Hall–Kier alpha value is 0. The lowest BCUT2D eigenvalue weighted by atomic mass is 9.65. The van der Waals surface area contributed by atoms with E-state index in [-0.39, 0.29) is 0 Å². The van der Waals surface area contributed by atoms with Crippen LogP contribution >= 0.6 is 0 Å². The fraction of sp³-hybridized carbons (Fsp3) is 1.00. The highest BCUT2D eigenvalue weighted by molar-refractivity contribution is 4.91. The van der Waals surface area contributed by atoms with Crippen molar-refractivity contribution in [2.45, 2.75) is 85.5 Å². The zero-order chi connectivity index (χ0) is 12.0. The third kappa shape index (κ3) is 3.02. The van der Waals surface area contributed by atoms with Crippen LogP contribution in [0.3, 0.4) is 0 Å². The van der Waals surface area contributed by atoms with E-state index in [0.29, 0.717) is 0 Å². The van der Waals surface area contributed by atoms with E-state index >= 15 is 0 Å². The van der Waals surface area contributed by atoms with Crippen molar-refractivity contribution in [1.29, 1.82) is 0 Å². The maximum Gasteiger partial charge on any atom is -0.0272 e. The predicted octanol–water partition coefficient (Wildman–Crippen LogP) is 5.81. The molecule has 0 spiro atoms. The Balaban J connectivity index is 0.000000606. The second-order valence-corrected chi connectivity index (χ2v) is 5.88. The van der Waals surface area contributed by atoms with Gasteiger partial charge < -0.3 is 0 Å². The van der Waals surface area contributed by atoms with Crippen molar-refractivity contribution < 1.29 is 0 Å². The highest BCUT2D eigenvalue weighted by atomic mass is 14.5. The van der Waals surface area contributed by atoms with Crippen molar-refractivity contribution in [3.05, 3.63) is 0 Å². The van der Waals surface area contributed by atoms with Crippen LogP contribution in [0.5, 0.6) is 0 Å². The van der Waals surface area contributed by atoms with Gasteiger partial charge in [0, 0.05) is 0 Å². The van der Waals surface area contributed by atoms with E-state index in [9.17, 15) is 0 Å². The molecule has 96 valence electrons. The summed E-state index contributed by atoms with van der Waals surface area (Å²) in [7, 11) is 0. The van der Waals surface area contributed by atoms with Gasteiger partial charge in [0.25, 0.3) is 0 Å². The monoisotopic (exact) mass is 224 g/mol. The first-order chi connectivity index (χ1) is 7.77. The summed E-state index contributed by atoms with van der Waals surface area (Å²) in [4.78, 5) is 0. The molecule has 0 saturated heterocycles. The molecule has 0 heterocycles. The van der Waals surface area contributed by atoms with E-state index in [2.05, 4.69) is 13.8 Å². The Morgan fingerprint density at radius 1 is 0.938 bits per heavy atom. The average Bonchev–Trinajstić information content (AvgIpc) is 2.82. The van der Waals surface area contributed by atoms with Crippen LogP contribution in [-0.4, -0.2) is 0 Å². The van der Waals surface area contributed by atoms with Crippen LogP contribution in [0, 0.1) is 17.3 Å². The molecule has 2 rings (SSSR count). The summed E-state index contributed by atoms with van der Waals surface area (Å²) in [5.41, 5.74) is 0.792. The molecule has 0 aromatic carbocycles. The normalized spacial score (nSPS) is 33.0. The molecule has 2 fully saturated rings. The molecule has 16 heavy (non-hydrogen) atoms. The Bertz CT molecular complexity index is 168. The van der Waals surface area contributed by atoms with Crippen LogP contribution in [-0.2, 0) is 0 Å². The topological polar surface area (TPSA) is 0 Å². The van der Waals surface area contributed by atoms with Crippen LogP contribution in [0.15, 0.2) is 0 Å². The first-order valence-electron chi connectivity index (χ1n) is 7.77. The lowest BCUT2D eigenvalue weighted by Crippen LogP contribution is -2.30. The van der Waals surface area contributed by atoms with E-state index in [1.165, 1.54) is 44.9 Å². The summed E-state index contributed by atoms with van der Waals surface area (Å²) >= 11 is 0. The van der Waals surface area contributed by atoms with Crippen LogP contribution < -0.4 is 0 Å². The lowest BCUT2D eigenvalue weighted by molar-refractivity contribution is 0.101. The molecule has 0 N–H and O–H groups in total. The van der Waals surface area contributed by atoms with Gasteiger partial charge >= 0.3 is 0 Å². The van der Waals surface area contributed by atoms with Gasteiger partial charge in [-0.2, -0.15) is 0 Å². The van der Waals surface area contributed by atoms with Crippen molar-refractivity contribution in [1.82, 2.24) is 0 Å². The third-order valence-electron chi connectivity index (χ3n) is 5.19. The molecular weight excluding hydrogens is 192 g/mol. The summed E-state index contributed by atoms with van der Waals surface area (Å²) in [6.45, 7) is 8.87. The molecule has 0 amide bonds. The van der Waals surface area contributed by atoms with Gasteiger partial charge in [-0.25, -0.2) is 0 Å². The minimum Gasteiger partial charge on any atom is -0.0683 e. The molecule has 0 nitrogen and oxygen atoms in total. The van der Waals surface area contributed by atoms with Crippen molar-refractivity contribution in [2.24, 2.45) is 17.3 Å². The minimum absolute atomic E-state index is 0.792. The third-order valence-corrected chi connectivity index (χ3v) is 5.19. The molecule has 0 atom stereocenters. The smallest absolute Gasteiger partial charge is 0.0272 e. The number of hydrogen-bond donors (Lipinski definition) is 0. The van der Waals surface area contributed by atoms with Crippen LogP contribution in [0.25, 0.3) is 0 Å². The highest BCUT2D eigenvalue weighted by Gasteiger charge is 2.40. The van der Waals surface area contributed by atoms with Gasteiger partial charge in [0.05, 0.1) is 0 Å². The predicted molar refractivity (Wildman–Crippen MR) is 73.7 cm³/mol. The van der Waals surface area contributed by atoms with Crippen molar-refractivity contribution >= 4 is 0 Å². The van der Waals surface area contributed by atoms with Crippen molar-refractivity contribution in [3.8, 4) is 0 Å². The van der Waals surface area contributed by atoms with Gasteiger partial charge in [-0.1, -0.05) is 59.8 Å². The average molecular weight is 224 g/mol. The van der Waals surface area contributed by atoms with Gasteiger partial charge in [-0.3, -0.25) is 0 Å². The first-order valence-corrected chi connectivity index (χ1v) is 7.77. The maximum atomic E-state index is 2.43. The summed E-state index contributed by atoms with van der Waals surface area (Å²) in [6, 6.07) is 0. The second kappa shape index (κ2) is 6.67. The van der Waals surface area contributed by atoms with E-state index < -0.39 is 0 Å². The summed E-state index contributed by atoms with van der Waals surface area (Å²) in [5.74, 6) is 2.10. The van der Waals surface area contributed by atoms with Crippen LogP contribution in [0.4, 0.5) is 0 Å². The zero-order valence-electron chi connectivity index (χ0n) is 12.0. The van der Waals surface area contributed by atoms with E-state index in [1.54, 1.807) is 12.8 Å².